The Morgan fingerprint density at radius 3 is 2.59 bits per heavy atom. The van der Waals surface area contributed by atoms with Crippen LogP contribution in [-0.4, -0.2) is 41.7 Å². The molecule has 0 radical (unpaired) electrons. The number of hydrogen-bond donors (Lipinski definition) is 1. The molecule has 27 heavy (non-hydrogen) atoms. The monoisotopic (exact) mass is 404 g/mol. The van der Waals surface area contributed by atoms with Crippen molar-refractivity contribution in [2.24, 2.45) is 0 Å². The van der Waals surface area contributed by atoms with Gasteiger partial charge in [-0.15, -0.1) is 10.2 Å². The molecule has 0 aliphatic carbocycles. The average molecular weight is 404 g/mol. The second kappa shape index (κ2) is 10.6. The molecule has 9 heteroatoms. The van der Waals surface area contributed by atoms with Crippen molar-refractivity contribution in [3.8, 4) is 16.3 Å². The first-order chi connectivity index (χ1) is 13.0. The Morgan fingerprint density at radius 2 is 1.89 bits per heavy atom. The zero-order chi connectivity index (χ0) is 19.7. The first kappa shape index (κ1) is 21.6. The van der Waals surface area contributed by atoms with E-state index in [4.69, 9.17) is 14.6 Å². The van der Waals surface area contributed by atoms with Gasteiger partial charge in [0.25, 0.3) is 0 Å². The molecule has 1 aromatic heterocycles. The predicted molar refractivity (Wildman–Crippen MR) is 97.0 cm³/mol. The van der Waals surface area contributed by atoms with E-state index in [1.807, 2.05) is 6.92 Å². The molecule has 2 aromatic rings. The summed E-state index contributed by atoms with van der Waals surface area (Å²) in [6.45, 7) is 3.39. The molecule has 0 fully saturated rings. The summed E-state index contributed by atoms with van der Waals surface area (Å²) in [4.78, 5) is 0. The quantitative estimate of drug-likeness (QED) is 0.565. The van der Waals surface area contributed by atoms with Gasteiger partial charge in [-0.3, -0.25) is 0 Å². The van der Waals surface area contributed by atoms with Crippen molar-refractivity contribution in [2.45, 2.75) is 38.8 Å². The Morgan fingerprint density at radius 1 is 1.11 bits per heavy atom. The van der Waals surface area contributed by atoms with Crippen molar-refractivity contribution in [1.29, 1.82) is 0 Å². The fourth-order valence-electron chi connectivity index (χ4n) is 2.31. The van der Waals surface area contributed by atoms with Crippen LogP contribution in [-0.2, 0) is 17.3 Å². The van der Waals surface area contributed by atoms with Gasteiger partial charge in [0.05, 0.1) is 12.2 Å². The Bertz CT molecular complexity index is 707. The number of ether oxygens (including phenoxy) is 2. The molecule has 1 N–H and O–H groups in total. The maximum Gasteiger partial charge on any atom is 0.419 e. The third-order valence-corrected chi connectivity index (χ3v) is 4.65. The van der Waals surface area contributed by atoms with E-state index in [0.29, 0.717) is 41.6 Å². The predicted octanol–water partition coefficient (Wildman–Crippen LogP) is 4.34. The first-order valence-corrected chi connectivity index (χ1v) is 9.62. The van der Waals surface area contributed by atoms with E-state index in [0.717, 1.165) is 30.2 Å². The summed E-state index contributed by atoms with van der Waals surface area (Å²) in [7, 11) is 0. The van der Waals surface area contributed by atoms with Crippen molar-refractivity contribution in [3.05, 3.63) is 28.8 Å². The third kappa shape index (κ3) is 6.75. The molecular weight excluding hydrogens is 381 g/mol. The van der Waals surface area contributed by atoms with Gasteiger partial charge in [-0.25, -0.2) is 0 Å². The average Bonchev–Trinajstić information content (AvgIpc) is 3.09. The smallest absolute Gasteiger partial charge is 0.419 e. The molecule has 0 amide bonds. The summed E-state index contributed by atoms with van der Waals surface area (Å²) >= 11 is 1.16. The van der Waals surface area contributed by atoms with Crippen LogP contribution in [0.15, 0.2) is 18.2 Å². The molecule has 1 aromatic carbocycles. The number of nitrogens with zero attached hydrogens (tertiary/aromatic N) is 2. The number of halogens is 3. The van der Waals surface area contributed by atoms with E-state index in [9.17, 15) is 13.2 Å². The summed E-state index contributed by atoms with van der Waals surface area (Å²) in [5.74, 6) is -0.194. The fraction of sp³-hybridized carbons (Fsp3) is 0.556. The lowest BCUT2D eigenvalue weighted by Gasteiger charge is -2.15. The molecule has 0 unspecified atom stereocenters. The van der Waals surface area contributed by atoms with Gasteiger partial charge in [-0.05, 0) is 37.5 Å². The summed E-state index contributed by atoms with van der Waals surface area (Å²) in [5.41, 5.74) is -0.509. The third-order valence-electron chi connectivity index (χ3n) is 3.61. The van der Waals surface area contributed by atoms with Crippen LogP contribution >= 0.6 is 11.3 Å². The number of alkyl halides is 3. The molecule has 0 aliphatic rings. The molecule has 0 atom stereocenters. The number of rotatable bonds is 11. The van der Waals surface area contributed by atoms with E-state index in [-0.39, 0.29) is 19.0 Å². The second-order valence-electron chi connectivity index (χ2n) is 5.85. The normalized spacial score (nSPS) is 11.7. The Labute approximate surface area is 160 Å². The molecule has 0 spiro atoms. The highest BCUT2D eigenvalue weighted by molar-refractivity contribution is 7.14. The van der Waals surface area contributed by atoms with Gasteiger partial charge >= 0.3 is 6.18 Å². The minimum atomic E-state index is -4.53. The highest BCUT2D eigenvalue weighted by atomic mass is 32.1. The standard InChI is InChI=1S/C18H23F3N2O3S/c1-2-9-25-10-3-4-11-26-15-6-5-13(12-14(15)18(19,20)21)17-23-22-16(27-17)7-8-24/h5-6,12,24H,2-4,7-11H2,1H3. The van der Waals surface area contributed by atoms with Crippen LogP contribution < -0.4 is 4.74 Å². The Kier molecular flexibility index (Phi) is 8.46. The SMILES string of the molecule is CCCOCCCCOc1ccc(-c2nnc(CCO)s2)cc1C(F)(F)F. The molecule has 150 valence electrons. The second-order valence-corrected chi connectivity index (χ2v) is 6.91. The fourth-order valence-corrected chi connectivity index (χ4v) is 3.14. The topological polar surface area (TPSA) is 64.5 Å². The van der Waals surface area contributed by atoms with Gasteiger partial charge in [-0.1, -0.05) is 18.3 Å². The Hall–Kier alpha value is -1.71. The van der Waals surface area contributed by atoms with E-state index in [2.05, 4.69) is 10.2 Å². The minimum absolute atomic E-state index is 0.0846. The van der Waals surface area contributed by atoms with Crippen molar-refractivity contribution in [1.82, 2.24) is 10.2 Å². The van der Waals surface area contributed by atoms with Gasteiger partial charge in [0, 0.05) is 31.8 Å². The molecule has 0 bridgehead atoms. The van der Waals surface area contributed by atoms with E-state index in [1.165, 1.54) is 12.1 Å². The maximum absolute atomic E-state index is 13.4. The summed E-state index contributed by atoms with van der Waals surface area (Å²) < 4.78 is 51.0. The molecule has 0 aliphatic heterocycles. The number of aliphatic hydroxyl groups is 1. The van der Waals surface area contributed by atoms with Gasteiger partial charge in [0.2, 0.25) is 0 Å². The highest BCUT2D eigenvalue weighted by Crippen LogP contribution is 2.39. The van der Waals surface area contributed by atoms with Crippen molar-refractivity contribution >= 4 is 11.3 Å². The van der Waals surface area contributed by atoms with E-state index < -0.39 is 11.7 Å². The van der Waals surface area contributed by atoms with Gasteiger partial charge in [-0.2, -0.15) is 13.2 Å². The minimum Gasteiger partial charge on any atom is -0.493 e. The molecule has 1 heterocycles. The lowest BCUT2D eigenvalue weighted by Crippen LogP contribution is -2.10. The lowest BCUT2D eigenvalue weighted by atomic mass is 10.1. The van der Waals surface area contributed by atoms with E-state index >= 15 is 0 Å². The van der Waals surface area contributed by atoms with Crippen LogP contribution in [0, 0.1) is 0 Å². The van der Waals surface area contributed by atoms with E-state index in [1.54, 1.807) is 0 Å². The molecule has 0 saturated heterocycles. The van der Waals surface area contributed by atoms with Gasteiger partial charge in [0.15, 0.2) is 0 Å². The number of benzene rings is 1. The van der Waals surface area contributed by atoms with Crippen LogP contribution in [0.4, 0.5) is 13.2 Å². The van der Waals surface area contributed by atoms with Crippen LogP contribution in [0.25, 0.3) is 10.6 Å². The van der Waals surface area contributed by atoms with Crippen LogP contribution in [0.3, 0.4) is 0 Å². The molecular formula is C18H23F3N2O3S. The van der Waals surface area contributed by atoms with Gasteiger partial charge < -0.3 is 14.6 Å². The molecule has 5 nitrogen and oxygen atoms in total. The number of aromatic nitrogens is 2. The largest absolute Gasteiger partial charge is 0.493 e. The van der Waals surface area contributed by atoms with Crippen molar-refractivity contribution in [2.75, 3.05) is 26.4 Å². The number of aliphatic hydroxyl groups excluding tert-OH is 1. The zero-order valence-corrected chi connectivity index (χ0v) is 15.9. The number of hydrogen-bond acceptors (Lipinski definition) is 6. The molecule has 2 rings (SSSR count). The van der Waals surface area contributed by atoms with Crippen LogP contribution in [0.5, 0.6) is 5.75 Å². The van der Waals surface area contributed by atoms with Crippen LogP contribution in [0.2, 0.25) is 0 Å². The highest BCUT2D eigenvalue weighted by Gasteiger charge is 2.35. The summed E-state index contributed by atoms with van der Waals surface area (Å²) in [6, 6.07) is 3.89. The summed E-state index contributed by atoms with van der Waals surface area (Å²) in [5, 5.41) is 17.6. The maximum atomic E-state index is 13.4. The van der Waals surface area contributed by atoms with Gasteiger partial charge in [0.1, 0.15) is 15.8 Å². The van der Waals surface area contributed by atoms with Crippen molar-refractivity contribution in [3.63, 3.8) is 0 Å². The lowest BCUT2D eigenvalue weighted by molar-refractivity contribution is -0.138. The first-order valence-electron chi connectivity index (χ1n) is 8.81. The number of unbranched alkanes of at least 4 members (excludes halogenated alkanes) is 1. The molecule has 0 saturated carbocycles. The Balaban J connectivity index is 2.04. The van der Waals surface area contributed by atoms with Crippen molar-refractivity contribution < 1.29 is 27.8 Å². The van der Waals surface area contributed by atoms with Crippen LogP contribution in [0.1, 0.15) is 36.8 Å². The summed E-state index contributed by atoms with van der Waals surface area (Å²) in [6.07, 6.45) is -1.92. The zero-order valence-electron chi connectivity index (χ0n) is 15.1.